The summed E-state index contributed by atoms with van der Waals surface area (Å²) < 4.78 is 5.90. The standard InChI is InChI=1S/C42H50N4O5/c1-5-6-7-8-9-25-51-35-22-18-30(19-23-35)33-27-43-38(44-28-33)31-14-12-29(13-15-31)26-36(40(48)46-24-10-11-37(46)41(49)50)45-39(47)32-16-20-34(21-17-32)42(2,3)4/h12-23,27-28,36-37H,5-11,24-26H2,1-4H3,(H,45,47)(H,49,50)/t36-,37-/m0/s1. The number of carbonyl (C=O) groups is 3. The van der Waals surface area contributed by atoms with E-state index >= 15 is 0 Å². The van der Waals surface area contributed by atoms with Gasteiger partial charge in [0.1, 0.15) is 17.8 Å². The van der Waals surface area contributed by atoms with Crippen molar-refractivity contribution in [1.29, 1.82) is 0 Å². The predicted octanol–water partition coefficient (Wildman–Crippen LogP) is 7.87. The Hall–Kier alpha value is -5.05. The predicted molar refractivity (Wildman–Crippen MR) is 200 cm³/mol. The molecule has 2 N–H and O–H groups in total. The molecule has 1 aliphatic rings. The summed E-state index contributed by atoms with van der Waals surface area (Å²) in [4.78, 5) is 49.7. The minimum Gasteiger partial charge on any atom is -0.494 e. The lowest BCUT2D eigenvalue weighted by Crippen LogP contribution is -2.52. The first kappa shape index (κ1) is 37.2. The van der Waals surface area contributed by atoms with E-state index in [9.17, 15) is 19.5 Å². The SMILES string of the molecule is CCCCCCCOc1ccc(-c2cnc(-c3ccc(C[C@H](NC(=O)c4ccc(C(C)(C)C)cc4)C(=O)N4CCC[C@H]4C(=O)O)cc3)nc2)cc1. The quantitative estimate of drug-likeness (QED) is 0.122. The highest BCUT2D eigenvalue weighted by molar-refractivity contribution is 5.98. The number of amides is 2. The van der Waals surface area contributed by atoms with Gasteiger partial charge in [0.25, 0.3) is 5.91 Å². The molecule has 9 heteroatoms. The molecule has 2 heterocycles. The van der Waals surface area contributed by atoms with Crippen molar-refractivity contribution >= 4 is 17.8 Å². The molecule has 9 nitrogen and oxygen atoms in total. The van der Waals surface area contributed by atoms with Crippen LogP contribution < -0.4 is 10.1 Å². The zero-order valence-corrected chi connectivity index (χ0v) is 30.2. The summed E-state index contributed by atoms with van der Waals surface area (Å²) in [7, 11) is 0. The minimum absolute atomic E-state index is 0.0664. The Morgan fingerprint density at radius 1 is 0.863 bits per heavy atom. The first-order valence-corrected chi connectivity index (χ1v) is 18.1. The van der Waals surface area contributed by atoms with E-state index in [0.29, 0.717) is 30.8 Å². The van der Waals surface area contributed by atoms with Gasteiger partial charge in [0, 0.05) is 42.0 Å². The Bertz CT molecular complexity index is 1750. The zero-order chi connectivity index (χ0) is 36.4. The van der Waals surface area contributed by atoms with E-state index in [0.717, 1.165) is 46.6 Å². The topological polar surface area (TPSA) is 122 Å². The number of ether oxygens (including phenoxy) is 1. The summed E-state index contributed by atoms with van der Waals surface area (Å²) in [5, 5.41) is 12.7. The number of aromatic nitrogens is 2. The summed E-state index contributed by atoms with van der Waals surface area (Å²) in [6, 6.07) is 21.0. The van der Waals surface area contributed by atoms with Gasteiger partial charge in [-0.1, -0.05) is 102 Å². The van der Waals surface area contributed by atoms with E-state index in [1.54, 1.807) is 24.5 Å². The van der Waals surface area contributed by atoms with E-state index in [1.807, 2.05) is 60.7 Å². The van der Waals surface area contributed by atoms with E-state index in [2.05, 4.69) is 43.0 Å². The fourth-order valence-electron chi connectivity index (χ4n) is 6.34. The van der Waals surface area contributed by atoms with Gasteiger partial charge in [0.05, 0.1) is 6.61 Å². The molecule has 1 fully saturated rings. The number of hydrogen-bond donors (Lipinski definition) is 2. The van der Waals surface area contributed by atoms with Gasteiger partial charge in [-0.2, -0.15) is 0 Å². The second kappa shape index (κ2) is 17.2. The molecule has 0 saturated carbocycles. The van der Waals surface area contributed by atoms with Crippen molar-refractivity contribution in [3.8, 4) is 28.3 Å². The van der Waals surface area contributed by atoms with E-state index < -0.39 is 24.0 Å². The van der Waals surface area contributed by atoms with Gasteiger partial charge in [0.2, 0.25) is 5.91 Å². The van der Waals surface area contributed by atoms with Crippen LogP contribution in [0.3, 0.4) is 0 Å². The maximum atomic E-state index is 13.8. The monoisotopic (exact) mass is 690 g/mol. The molecule has 0 radical (unpaired) electrons. The molecule has 0 unspecified atom stereocenters. The van der Waals surface area contributed by atoms with Crippen LogP contribution in [-0.2, 0) is 21.4 Å². The molecule has 4 aromatic rings. The van der Waals surface area contributed by atoms with Gasteiger partial charge in [-0.05, 0) is 65.6 Å². The third-order valence-corrected chi connectivity index (χ3v) is 9.45. The molecule has 268 valence electrons. The molecule has 3 aromatic carbocycles. The van der Waals surface area contributed by atoms with E-state index in [1.165, 1.54) is 30.6 Å². The number of likely N-dealkylation sites (tertiary alicyclic amines) is 1. The number of carboxylic acid groups (broad SMARTS) is 1. The molecule has 0 spiro atoms. The third kappa shape index (κ3) is 10.0. The minimum atomic E-state index is -1.03. The lowest BCUT2D eigenvalue weighted by atomic mass is 9.86. The Morgan fingerprint density at radius 2 is 1.51 bits per heavy atom. The molecule has 0 bridgehead atoms. The van der Waals surface area contributed by atoms with Crippen LogP contribution in [0.25, 0.3) is 22.5 Å². The molecular weight excluding hydrogens is 640 g/mol. The Kier molecular flexibility index (Phi) is 12.6. The third-order valence-electron chi connectivity index (χ3n) is 9.45. The molecular formula is C42H50N4O5. The van der Waals surface area contributed by atoms with Crippen molar-refractivity contribution in [3.05, 3.63) is 102 Å². The maximum absolute atomic E-state index is 13.8. The number of aliphatic carboxylic acids is 1. The number of hydrogen-bond acceptors (Lipinski definition) is 6. The number of benzene rings is 3. The van der Waals surface area contributed by atoms with Crippen molar-refractivity contribution in [1.82, 2.24) is 20.2 Å². The summed E-state index contributed by atoms with van der Waals surface area (Å²) in [6.07, 6.45) is 10.8. The van der Waals surface area contributed by atoms with Gasteiger partial charge in [-0.15, -0.1) is 0 Å². The Balaban J connectivity index is 1.25. The summed E-state index contributed by atoms with van der Waals surface area (Å²) in [5.74, 6) is -0.398. The van der Waals surface area contributed by atoms with Gasteiger partial charge >= 0.3 is 5.97 Å². The summed E-state index contributed by atoms with van der Waals surface area (Å²) in [6.45, 7) is 9.58. The van der Waals surface area contributed by atoms with Crippen molar-refractivity contribution < 1.29 is 24.2 Å². The van der Waals surface area contributed by atoms with Crippen molar-refractivity contribution in [2.45, 2.75) is 96.6 Å². The van der Waals surface area contributed by atoms with Gasteiger partial charge < -0.3 is 20.1 Å². The fourth-order valence-corrected chi connectivity index (χ4v) is 6.34. The fraction of sp³-hybridized carbons (Fsp3) is 0.405. The first-order valence-electron chi connectivity index (χ1n) is 18.1. The van der Waals surface area contributed by atoms with Crippen molar-refractivity contribution in [2.75, 3.05) is 13.2 Å². The summed E-state index contributed by atoms with van der Waals surface area (Å²) >= 11 is 0. The largest absolute Gasteiger partial charge is 0.494 e. The van der Waals surface area contributed by atoms with Gasteiger partial charge in [-0.25, -0.2) is 14.8 Å². The highest BCUT2D eigenvalue weighted by Crippen LogP contribution is 2.25. The van der Waals surface area contributed by atoms with Gasteiger partial charge in [0.15, 0.2) is 5.82 Å². The number of rotatable bonds is 15. The van der Waals surface area contributed by atoms with Crippen LogP contribution in [-0.4, -0.2) is 63.0 Å². The lowest BCUT2D eigenvalue weighted by molar-refractivity contribution is -0.148. The zero-order valence-electron chi connectivity index (χ0n) is 30.2. The van der Waals surface area contributed by atoms with E-state index in [-0.39, 0.29) is 17.7 Å². The summed E-state index contributed by atoms with van der Waals surface area (Å²) in [5.41, 5.74) is 4.98. The highest BCUT2D eigenvalue weighted by Gasteiger charge is 2.37. The Labute approximate surface area is 301 Å². The van der Waals surface area contributed by atoms with Crippen molar-refractivity contribution in [2.24, 2.45) is 0 Å². The number of carbonyl (C=O) groups excluding carboxylic acids is 2. The molecule has 1 aliphatic heterocycles. The van der Waals surface area contributed by atoms with Crippen LogP contribution in [0.2, 0.25) is 0 Å². The van der Waals surface area contributed by atoms with Crippen LogP contribution in [0.1, 0.15) is 94.1 Å². The molecule has 51 heavy (non-hydrogen) atoms. The average Bonchev–Trinajstić information content (AvgIpc) is 3.64. The molecule has 0 aliphatic carbocycles. The lowest BCUT2D eigenvalue weighted by Gasteiger charge is -2.27. The van der Waals surface area contributed by atoms with Gasteiger partial charge in [-0.3, -0.25) is 9.59 Å². The molecule has 1 saturated heterocycles. The average molecular weight is 691 g/mol. The van der Waals surface area contributed by atoms with Crippen LogP contribution in [0, 0.1) is 0 Å². The first-order chi connectivity index (χ1) is 24.5. The number of carboxylic acids is 1. The highest BCUT2D eigenvalue weighted by atomic mass is 16.5. The van der Waals surface area contributed by atoms with Crippen molar-refractivity contribution in [3.63, 3.8) is 0 Å². The number of unbranched alkanes of at least 4 members (excludes halogenated alkanes) is 4. The normalized spacial score (nSPS) is 15.0. The second-order valence-corrected chi connectivity index (χ2v) is 14.4. The number of nitrogens with one attached hydrogen (secondary N) is 1. The molecule has 2 amide bonds. The smallest absolute Gasteiger partial charge is 0.326 e. The van der Waals surface area contributed by atoms with Crippen LogP contribution >= 0.6 is 0 Å². The van der Waals surface area contributed by atoms with Crippen LogP contribution in [0.4, 0.5) is 0 Å². The second-order valence-electron chi connectivity index (χ2n) is 14.4. The molecule has 1 aromatic heterocycles. The number of nitrogens with zero attached hydrogens (tertiary/aromatic N) is 3. The maximum Gasteiger partial charge on any atom is 0.326 e. The van der Waals surface area contributed by atoms with Crippen LogP contribution in [0.5, 0.6) is 5.75 Å². The van der Waals surface area contributed by atoms with Crippen LogP contribution in [0.15, 0.2) is 85.2 Å². The Morgan fingerprint density at radius 3 is 2.14 bits per heavy atom. The molecule has 2 atom stereocenters. The van der Waals surface area contributed by atoms with E-state index in [4.69, 9.17) is 4.74 Å². The molecule has 5 rings (SSSR count).